The van der Waals surface area contributed by atoms with Crippen LogP contribution in [-0.2, 0) is 17.4 Å². The maximum Gasteiger partial charge on any atom is 0.418 e. The fourth-order valence-corrected chi connectivity index (χ4v) is 2.16. The lowest BCUT2D eigenvalue weighted by atomic mass is 10.0. The first kappa shape index (κ1) is 14.3. The number of nitrogens with zero attached hydrogens (tertiary/aromatic N) is 1. The summed E-state index contributed by atoms with van der Waals surface area (Å²) < 4.78 is 38.9. The molecule has 0 aliphatic heterocycles. The minimum atomic E-state index is -4.46. The monoisotopic (exact) mass is 282 g/mol. The molecule has 1 amide bonds. The summed E-state index contributed by atoms with van der Waals surface area (Å²) in [7, 11) is 0. The van der Waals surface area contributed by atoms with Crippen molar-refractivity contribution in [2.24, 2.45) is 5.73 Å². The van der Waals surface area contributed by atoms with Crippen molar-refractivity contribution in [1.29, 1.82) is 0 Å². The molecule has 106 valence electrons. The third-order valence-electron chi connectivity index (χ3n) is 3.00. The van der Waals surface area contributed by atoms with Gasteiger partial charge in [-0.2, -0.15) is 13.2 Å². The average Bonchev–Trinajstić information content (AvgIpc) is 2.33. The van der Waals surface area contributed by atoms with Gasteiger partial charge in [0.1, 0.15) is 0 Å². The number of benzene rings is 1. The summed E-state index contributed by atoms with van der Waals surface area (Å²) in [4.78, 5) is 14.8. The number of primary amides is 1. The SMILES string of the molecule is Cc1cc(CCC(N)=O)c2cccc(C(F)(F)F)c2n1. The zero-order valence-electron chi connectivity index (χ0n) is 10.8. The van der Waals surface area contributed by atoms with Gasteiger partial charge in [-0.25, -0.2) is 0 Å². The van der Waals surface area contributed by atoms with E-state index in [0.717, 1.165) is 6.07 Å². The van der Waals surface area contributed by atoms with Crippen LogP contribution in [0.15, 0.2) is 24.3 Å². The van der Waals surface area contributed by atoms with Crippen molar-refractivity contribution in [1.82, 2.24) is 4.98 Å². The van der Waals surface area contributed by atoms with E-state index in [4.69, 9.17) is 5.73 Å². The number of aromatic nitrogens is 1. The van der Waals surface area contributed by atoms with Gasteiger partial charge in [0.05, 0.1) is 11.1 Å². The summed E-state index contributed by atoms with van der Waals surface area (Å²) in [5.41, 5.74) is 5.37. The highest BCUT2D eigenvalue weighted by atomic mass is 19.4. The second kappa shape index (κ2) is 5.11. The molecular weight excluding hydrogens is 269 g/mol. The van der Waals surface area contributed by atoms with Crippen molar-refractivity contribution in [2.45, 2.75) is 25.9 Å². The Hall–Kier alpha value is -2.11. The first-order valence-corrected chi connectivity index (χ1v) is 6.04. The lowest BCUT2D eigenvalue weighted by Crippen LogP contribution is -2.12. The van der Waals surface area contributed by atoms with Gasteiger partial charge in [-0.3, -0.25) is 9.78 Å². The number of amides is 1. The second-order valence-corrected chi connectivity index (χ2v) is 4.59. The van der Waals surface area contributed by atoms with Crippen molar-refractivity contribution in [3.8, 4) is 0 Å². The van der Waals surface area contributed by atoms with Crippen molar-refractivity contribution < 1.29 is 18.0 Å². The Morgan fingerprint density at radius 2 is 2.05 bits per heavy atom. The molecule has 0 fully saturated rings. The summed E-state index contributed by atoms with van der Waals surface area (Å²) in [6, 6.07) is 5.61. The standard InChI is InChI=1S/C14H13F3N2O/c1-8-7-9(5-6-12(18)20)10-3-2-4-11(13(10)19-8)14(15,16)17/h2-4,7H,5-6H2,1H3,(H2,18,20). The molecule has 20 heavy (non-hydrogen) atoms. The number of para-hydroxylation sites is 1. The van der Waals surface area contributed by atoms with Gasteiger partial charge in [0.2, 0.25) is 5.91 Å². The molecule has 6 heteroatoms. The third kappa shape index (κ3) is 2.89. The van der Waals surface area contributed by atoms with Crippen LogP contribution in [0.3, 0.4) is 0 Å². The number of rotatable bonds is 3. The Bertz CT molecular complexity index is 665. The molecule has 0 atom stereocenters. The number of halogens is 3. The van der Waals surface area contributed by atoms with E-state index in [9.17, 15) is 18.0 Å². The summed E-state index contributed by atoms with van der Waals surface area (Å²) in [5, 5.41) is 0.409. The Morgan fingerprint density at radius 3 is 2.65 bits per heavy atom. The van der Waals surface area contributed by atoms with Crippen LogP contribution in [-0.4, -0.2) is 10.9 Å². The van der Waals surface area contributed by atoms with E-state index < -0.39 is 17.6 Å². The van der Waals surface area contributed by atoms with Gasteiger partial charge < -0.3 is 5.73 Å². The molecule has 0 unspecified atom stereocenters. The van der Waals surface area contributed by atoms with Gasteiger partial charge in [0.15, 0.2) is 0 Å². The van der Waals surface area contributed by atoms with Crippen LogP contribution in [0.1, 0.15) is 23.2 Å². The second-order valence-electron chi connectivity index (χ2n) is 4.59. The molecule has 1 aromatic heterocycles. The van der Waals surface area contributed by atoms with Crippen molar-refractivity contribution in [3.63, 3.8) is 0 Å². The molecule has 0 spiro atoms. The first-order chi connectivity index (χ1) is 9.29. The topological polar surface area (TPSA) is 56.0 Å². The number of alkyl halides is 3. The number of pyridine rings is 1. The summed E-state index contributed by atoms with van der Waals surface area (Å²) in [6.07, 6.45) is -4.06. The molecule has 1 heterocycles. The Morgan fingerprint density at radius 1 is 1.35 bits per heavy atom. The van der Waals surface area contributed by atoms with Gasteiger partial charge in [-0.05, 0) is 31.0 Å². The zero-order valence-corrected chi connectivity index (χ0v) is 10.8. The van der Waals surface area contributed by atoms with E-state index in [2.05, 4.69) is 4.98 Å². The predicted molar refractivity (Wildman–Crippen MR) is 69.0 cm³/mol. The lowest BCUT2D eigenvalue weighted by Gasteiger charge is -2.13. The fourth-order valence-electron chi connectivity index (χ4n) is 2.16. The maximum atomic E-state index is 13.0. The summed E-state index contributed by atoms with van der Waals surface area (Å²) in [5.74, 6) is -0.486. The highest BCUT2D eigenvalue weighted by Gasteiger charge is 2.33. The first-order valence-electron chi connectivity index (χ1n) is 6.04. The largest absolute Gasteiger partial charge is 0.418 e. The van der Waals surface area contributed by atoms with E-state index in [-0.39, 0.29) is 11.9 Å². The number of carbonyl (C=O) groups is 1. The molecule has 3 nitrogen and oxygen atoms in total. The average molecular weight is 282 g/mol. The lowest BCUT2D eigenvalue weighted by molar-refractivity contribution is -0.136. The number of nitrogens with two attached hydrogens (primary N) is 1. The molecule has 0 bridgehead atoms. The van der Waals surface area contributed by atoms with Crippen LogP contribution in [0.25, 0.3) is 10.9 Å². The number of hydrogen-bond donors (Lipinski definition) is 1. The molecule has 0 aliphatic rings. The Labute approximate surface area is 113 Å². The maximum absolute atomic E-state index is 13.0. The van der Waals surface area contributed by atoms with Crippen LogP contribution in [0.5, 0.6) is 0 Å². The smallest absolute Gasteiger partial charge is 0.370 e. The van der Waals surface area contributed by atoms with E-state index in [1.54, 1.807) is 19.1 Å². The van der Waals surface area contributed by atoms with Crippen molar-refractivity contribution in [3.05, 3.63) is 41.1 Å². The van der Waals surface area contributed by atoms with Gasteiger partial charge >= 0.3 is 6.18 Å². The molecule has 2 aromatic rings. The van der Waals surface area contributed by atoms with E-state index in [0.29, 0.717) is 23.1 Å². The van der Waals surface area contributed by atoms with Crippen molar-refractivity contribution in [2.75, 3.05) is 0 Å². The molecule has 0 radical (unpaired) electrons. The highest BCUT2D eigenvalue weighted by molar-refractivity contribution is 5.86. The predicted octanol–water partition coefficient (Wildman–Crippen LogP) is 2.98. The summed E-state index contributed by atoms with van der Waals surface area (Å²) >= 11 is 0. The van der Waals surface area contributed by atoms with Crippen LogP contribution in [0, 0.1) is 6.92 Å². The number of carbonyl (C=O) groups excluding carboxylic acids is 1. The zero-order chi connectivity index (χ0) is 14.9. The van der Waals surface area contributed by atoms with Gasteiger partial charge in [0, 0.05) is 17.5 Å². The molecular formula is C14H13F3N2O. The van der Waals surface area contributed by atoms with Crippen LogP contribution in [0.4, 0.5) is 13.2 Å². The molecule has 0 saturated carbocycles. The van der Waals surface area contributed by atoms with Crippen LogP contribution >= 0.6 is 0 Å². The summed E-state index contributed by atoms with van der Waals surface area (Å²) in [6.45, 7) is 1.63. The molecule has 2 N–H and O–H groups in total. The van der Waals surface area contributed by atoms with Gasteiger partial charge in [0.25, 0.3) is 0 Å². The quantitative estimate of drug-likeness (QED) is 0.940. The van der Waals surface area contributed by atoms with E-state index >= 15 is 0 Å². The normalized spacial score (nSPS) is 11.8. The Balaban J connectivity index is 2.63. The number of hydrogen-bond acceptors (Lipinski definition) is 2. The highest BCUT2D eigenvalue weighted by Crippen LogP contribution is 2.35. The molecule has 0 saturated heterocycles. The third-order valence-corrected chi connectivity index (χ3v) is 3.00. The molecule has 0 aliphatic carbocycles. The van der Waals surface area contributed by atoms with Gasteiger partial charge in [-0.15, -0.1) is 0 Å². The Kier molecular flexibility index (Phi) is 3.65. The van der Waals surface area contributed by atoms with Crippen molar-refractivity contribution >= 4 is 16.8 Å². The fraction of sp³-hybridized carbons (Fsp3) is 0.286. The number of fused-ring (bicyclic) bond motifs is 1. The minimum Gasteiger partial charge on any atom is -0.370 e. The van der Waals surface area contributed by atoms with Gasteiger partial charge in [-0.1, -0.05) is 12.1 Å². The van der Waals surface area contributed by atoms with E-state index in [1.165, 1.54) is 6.07 Å². The molecule has 2 rings (SSSR count). The van der Waals surface area contributed by atoms with Crippen LogP contribution in [0.2, 0.25) is 0 Å². The minimum absolute atomic E-state index is 0.0838. The van der Waals surface area contributed by atoms with E-state index in [1.807, 2.05) is 0 Å². The number of aryl methyl sites for hydroxylation is 2. The van der Waals surface area contributed by atoms with Crippen LogP contribution < -0.4 is 5.73 Å². The molecule has 1 aromatic carbocycles.